The lowest BCUT2D eigenvalue weighted by Gasteiger charge is -2.39. The molecule has 0 aliphatic carbocycles. The quantitative estimate of drug-likeness (QED) is 0.149. The highest BCUT2D eigenvalue weighted by Gasteiger charge is 2.35. The van der Waals surface area contributed by atoms with Crippen LogP contribution in [0.25, 0.3) is 0 Å². The van der Waals surface area contributed by atoms with Crippen molar-refractivity contribution in [2.45, 2.75) is 225 Å². The second kappa shape index (κ2) is 27.7. The molecule has 10 heteroatoms. The van der Waals surface area contributed by atoms with Crippen LogP contribution < -0.4 is 15.4 Å². The molecule has 382 valence electrons. The number of methoxy groups -OCH3 is 1. The Bertz CT molecular complexity index is 1350. The Kier molecular flexibility index (Phi) is 30.9. The average Bonchev–Trinajstić information content (AvgIpc) is 3.01. The van der Waals surface area contributed by atoms with E-state index in [1.807, 2.05) is 0 Å². The van der Waals surface area contributed by atoms with Crippen molar-refractivity contribution in [3.05, 3.63) is 0 Å². The van der Waals surface area contributed by atoms with Crippen LogP contribution in [0.5, 0.6) is 0 Å². The van der Waals surface area contributed by atoms with Crippen LogP contribution in [0.2, 0.25) is 0 Å². The Balaban J connectivity index is -0.000000224. The summed E-state index contributed by atoms with van der Waals surface area (Å²) < 4.78 is 23.7. The summed E-state index contributed by atoms with van der Waals surface area (Å²) in [5.74, 6) is 3.85. The van der Waals surface area contributed by atoms with Crippen LogP contribution in [0.3, 0.4) is 0 Å². The fourth-order valence-corrected chi connectivity index (χ4v) is 5.15. The van der Waals surface area contributed by atoms with Gasteiger partial charge in [0.15, 0.2) is 0 Å². The summed E-state index contributed by atoms with van der Waals surface area (Å²) in [6, 6.07) is 0. The number of alkyl carbamates (subject to hydrolysis) is 2. The zero-order valence-corrected chi connectivity index (χ0v) is 48.7. The SMILES string of the molecule is C=S(C)(=O)NCCC(C)(C)C(C)(C)C.CC(=O)CC(C)(C)C(C)(C)C.CCCC(C)(C)C(C)(C)C.CNC(=O)OCCC(C)(C)C(C)(C)C.COC(=O)NCCC(C)(C)C(C)(C)C. The Morgan fingerprint density at radius 3 is 1.08 bits per heavy atom. The molecule has 63 heavy (non-hydrogen) atoms. The molecule has 0 bridgehead atoms. The Morgan fingerprint density at radius 1 is 0.524 bits per heavy atom. The predicted molar refractivity (Wildman–Crippen MR) is 280 cm³/mol. The van der Waals surface area contributed by atoms with Crippen LogP contribution in [0, 0.1) is 54.1 Å². The Hall–Kier alpha value is -1.81. The van der Waals surface area contributed by atoms with Gasteiger partial charge in [-0.05, 0) is 92.6 Å². The molecule has 0 fully saturated rings. The van der Waals surface area contributed by atoms with Gasteiger partial charge in [-0.1, -0.05) is 186 Å². The number of Topliss-reactive ketones (excluding diaryl/α,β-unsaturated/α-hetero) is 1. The van der Waals surface area contributed by atoms with E-state index in [0.29, 0.717) is 30.4 Å². The number of ether oxygens (including phenoxy) is 2. The number of nitrogens with one attached hydrogen (secondary N) is 3. The highest BCUT2D eigenvalue weighted by atomic mass is 32.2. The van der Waals surface area contributed by atoms with Crippen molar-refractivity contribution in [1.29, 1.82) is 0 Å². The molecule has 9 nitrogen and oxygen atoms in total. The molecule has 2 amide bonds. The average molecular weight is 921 g/mol. The maximum atomic E-state index is 11.3. The van der Waals surface area contributed by atoms with Crippen LogP contribution in [-0.4, -0.2) is 68.2 Å². The molecule has 0 saturated heterocycles. The van der Waals surface area contributed by atoms with Gasteiger partial charge in [0.1, 0.15) is 5.78 Å². The fraction of sp³-hybridized carbons (Fsp3) is 0.925. The summed E-state index contributed by atoms with van der Waals surface area (Å²) in [4.78, 5) is 32.5. The van der Waals surface area contributed by atoms with Gasteiger partial charge in [0.05, 0.1) is 13.7 Å². The van der Waals surface area contributed by atoms with Crippen molar-refractivity contribution in [1.82, 2.24) is 15.4 Å². The zero-order valence-electron chi connectivity index (χ0n) is 47.9. The summed E-state index contributed by atoms with van der Waals surface area (Å²) in [5.41, 5.74) is 2.59. The molecular weight excluding hydrogens is 807 g/mol. The minimum Gasteiger partial charge on any atom is -0.453 e. The molecule has 1 atom stereocenters. The first kappa shape index (κ1) is 70.2. The molecule has 0 saturated carbocycles. The van der Waals surface area contributed by atoms with Crippen molar-refractivity contribution in [2.24, 2.45) is 54.1 Å². The number of ketones is 1. The third-order valence-electron chi connectivity index (χ3n) is 15.2. The molecule has 0 aromatic rings. The van der Waals surface area contributed by atoms with Crippen molar-refractivity contribution >= 4 is 33.5 Å². The molecule has 0 radical (unpaired) electrons. The van der Waals surface area contributed by atoms with E-state index >= 15 is 0 Å². The van der Waals surface area contributed by atoms with Gasteiger partial charge in [0.2, 0.25) is 0 Å². The molecule has 0 aliphatic heterocycles. The Labute approximate surface area is 395 Å². The van der Waals surface area contributed by atoms with Crippen LogP contribution >= 0.6 is 0 Å². The van der Waals surface area contributed by atoms with Gasteiger partial charge >= 0.3 is 12.2 Å². The summed E-state index contributed by atoms with van der Waals surface area (Å²) >= 11 is 0. The van der Waals surface area contributed by atoms with Crippen LogP contribution in [0.1, 0.15) is 225 Å². The fourth-order valence-electron chi connectivity index (χ4n) is 4.61. The standard InChI is InChI=1S/2C11H23NO2.C11H25NOS.C10H20O.C10H22/c1-10(2,3)11(4,5)7-8-12-9(13)14-6;1-10(2,3)11(4,5)7-8-14-9(13)12-6;1-10(2,3)11(4,5)8-9-12-14(6,7)13;1-8(11)7-10(5,6)9(2,3)4;1-7-8-10(5,6)9(2,3)4/h2*7-8H2,1-6H3,(H,12,13);6,8-9H2,1-5,7H3,(H,12,13);7H2,1-6H3;7-8H2,1-6H3. The second-order valence-electron chi connectivity index (χ2n) is 26.3. The van der Waals surface area contributed by atoms with Gasteiger partial charge in [-0.2, -0.15) is 0 Å². The molecule has 0 aliphatic rings. The zero-order chi connectivity index (χ0) is 52.1. The molecule has 0 aromatic heterocycles. The minimum absolute atomic E-state index is 0.110. The molecule has 3 N–H and O–H groups in total. The van der Waals surface area contributed by atoms with Crippen molar-refractivity contribution in [2.75, 3.05) is 40.1 Å². The van der Waals surface area contributed by atoms with Gasteiger partial charge in [-0.3, -0.25) is 4.21 Å². The van der Waals surface area contributed by atoms with E-state index in [-0.39, 0.29) is 61.3 Å². The summed E-state index contributed by atoms with van der Waals surface area (Å²) in [7, 11) is 0.904. The number of hydrogen-bond acceptors (Lipinski definition) is 6. The van der Waals surface area contributed by atoms with E-state index < -0.39 is 9.71 Å². The molecule has 0 rings (SSSR count). The summed E-state index contributed by atoms with van der Waals surface area (Å²) in [5, 5.41) is 5.13. The van der Waals surface area contributed by atoms with Crippen molar-refractivity contribution in [3.63, 3.8) is 0 Å². The number of amides is 2. The van der Waals surface area contributed by atoms with E-state index in [1.54, 1.807) is 20.2 Å². The minimum atomic E-state index is -2.04. The third kappa shape index (κ3) is 33.3. The summed E-state index contributed by atoms with van der Waals surface area (Å²) in [6.45, 7) is 61.6. The lowest BCUT2D eigenvalue weighted by atomic mass is 9.67. The van der Waals surface area contributed by atoms with Gasteiger partial charge in [-0.15, -0.1) is 0 Å². The Morgan fingerprint density at radius 2 is 0.841 bits per heavy atom. The molecular formula is C53H113N3O6S. The normalized spacial score (nSPS) is 14.0. The van der Waals surface area contributed by atoms with E-state index in [4.69, 9.17) is 4.74 Å². The lowest BCUT2D eigenvalue weighted by molar-refractivity contribution is -0.120. The van der Waals surface area contributed by atoms with Crippen LogP contribution in [-0.2, 0) is 24.0 Å². The smallest absolute Gasteiger partial charge is 0.406 e. The van der Waals surface area contributed by atoms with Gasteiger partial charge in [0, 0.05) is 42.5 Å². The van der Waals surface area contributed by atoms with Crippen LogP contribution in [0.4, 0.5) is 9.59 Å². The molecule has 0 aromatic carbocycles. The van der Waals surface area contributed by atoms with E-state index in [0.717, 1.165) is 25.8 Å². The third-order valence-corrected chi connectivity index (χ3v) is 16.1. The monoisotopic (exact) mass is 920 g/mol. The highest BCUT2D eigenvalue weighted by Crippen LogP contribution is 2.43. The van der Waals surface area contributed by atoms with Gasteiger partial charge < -0.3 is 24.9 Å². The van der Waals surface area contributed by atoms with Gasteiger partial charge in [0.25, 0.3) is 0 Å². The number of hydrogen-bond donors (Lipinski definition) is 3. The topological polar surface area (TPSA) is 123 Å². The van der Waals surface area contributed by atoms with Gasteiger partial charge in [-0.25, -0.2) is 14.3 Å². The van der Waals surface area contributed by atoms with Crippen molar-refractivity contribution < 1.29 is 28.1 Å². The van der Waals surface area contributed by atoms with Crippen molar-refractivity contribution in [3.8, 4) is 0 Å². The predicted octanol–water partition coefficient (Wildman–Crippen LogP) is 14.8. The molecule has 1 unspecified atom stereocenters. The first-order valence-electron chi connectivity index (χ1n) is 23.6. The lowest BCUT2D eigenvalue weighted by Crippen LogP contribution is -2.34. The van der Waals surface area contributed by atoms with E-state index in [2.05, 4.69) is 206 Å². The number of carbonyl (C=O) groups excluding carboxylic acids is 3. The first-order valence-corrected chi connectivity index (χ1v) is 25.7. The van der Waals surface area contributed by atoms with E-state index in [9.17, 15) is 18.6 Å². The largest absolute Gasteiger partial charge is 0.453 e. The van der Waals surface area contributed by atoms with E-state index in [1.165, 1.54) is 20.0 Å². The summed E-state index contributed by atoms with van der Waals surface area (Å²) in [6.07, 6.45) is 7.07. The second-order valence-corrected chi connectivity index (χ2v) is 28.6. The maximum Gasteiger partial charge on any atom is 0.406 e. The maximum absolute atomic E-state index is 11.3. The first-order chi connectivity index (χ1) is 27.3. The molecule has 0 spiro atoms. The number of carbonyl (C=O) groups is 3. The number of rotatable bonds is 14. The highest BCUT2D eigenvalue weighted by molar-refractivity contribution is 7.97. The molecule has 0 heterocycles. The van der Waals surface area contributed by atoms with Crippen LogP contribution in [0.15, 0.2) is 0 Å².